The van der Waals surface area contributed by atoms with Crippen LogP contribution in [0.4, 0.5) is 0 Å². The van der Waals surface area contributed by atoms with Crippen LogP contribution in [0.15, 0.2) is 0 Å². The summed E-state index contributed by atoms with van der Waals surface area (Å²) in [4.78, 5) is 17.3. The normalized spacial score (nSPS) is 31.4. The van der Waals surface area contributed by atoms with Crippen molar-refractivity contribution < 1.29 is 4.79 Å². The van der Waals surface area contributed by atoms with Crippen molar-refractivity contribution in [2.24, 2.45) is 5.92 Å². The van der Waals surface area contributed by atoms with E-state index < -0.39 is 0 Å². The molecule has 0 aromatic carbocycles. The van der Waals surface area contributed by atoms with E-state index >= 15 is 0 Å². The smallest absolute Gasteiger partial charge is 0.149 e. The van der Waals surface area contributed by atoms with Crippen LogP contribution in [-0.2, 0) is 4.79 Å². The Kier molecular flexibility index (Phi) is 4.00. The zero-order valence-electron chi connectivity index (χ0n) is 11.4. The van der Waals surface area contributed by atoms with Gasteiger partial charge in [0.2, 0.25) is 0 Å². The lowest BCUT2D eigenvalue weighted by Crippen LogP contribution is -2.51. The van der Waals surface area contributed by atoms with Crippen molar-refractivity contribution in [3.63, 3.8) is 0 Å². The second-order valence-electron chi connectivity index (χ2n) is 6.37. The van der Waals surface area contributed by atoms with Crippen molar-refractivity contribution >= 4 is 5.78 Å². The van der Waals surface area contributed by atoms with E-state index in [1.807, 2.05) is 0 Å². The van der Waals surface area contributed by atoms with Crippen LogP contribution < -0.4 is 0 Å². The van der Waals surface area contributed by atoms with Gasteiger partial charge in [-0.2, -0.15) is 0 Å². The van der Waals surface area contributed by atoms with Gasteiger partial charge in [-0.15, -0.1) is 0 Å². The number of ketones is 1. The number of fused-ring (bicyclic) bond motifs is 1. The molecule has 1 unspecified atom stereocenters. The number of piperazine rings is 1. The number of hydrogen-bond donors (Lipinski definition) is 0. The molecule has 18 heavy (non-hydrogen) atoms. The first-order valence-electron chi connectivity index (χ1n) is 7.82. The molecule has 0 radical (unpaired) electrons. The molecular formula is C15H26N2O. The van der Waals surface area contributed by atoms with E-state index in [9.17, 15) is 4.79 Å². The third-order valence-electron chi connectivity index (χ3n) is 5.11. The first-order chi connectivity index (χ1) is 8.83. The Morgan fingerprint density at radius 3 is 2.61 bits per heavy atom. The molecule has 3 rings (SSSR count). The van der Waals surface area contributed by atoms with E-state index in [0.717, 1.165) is 38.5 Å². The molecule has 0 amide bonds. The molecule has 0 spiro atoms. The standard InChI is InChI=1S/C15H26N2O/c18-15(13-5-2-1-3-6-13)12-16-9-10-17-8-4-7-14(17)11-16/h13-14H,1-12H2. The molecular weight excluding hydrogens is 224 g/mol. The van der Waals surface area contributed by atoms with Crippen LogP contribution >= 0.6 is 0 Å². The van der Waals surface area contributed by atoms with Crippen molar-refractivity contribution in [1.82, 2.24) is 9.80 Å². The van der Waals surface area contributed by atoms with Gasteiger partial charge in [-0.1, -0.05) is 19.3 Å². The number of carbonyl (C=O) groups is 1. The summed E-state index contributed by atoms with van der Waals surface area (Å²) in [5, 5.41) is 0. The van der Waals surface area contributed by atoms with E-state index in [-0.39, 0.29) is 0 Å². The fraction of sp³-hybridized carbons (Fsp3) is 0.933. The van der Waals surface area contributed by atoms with Crippen LogP contribution in [0.3, 0.4) is 0 Å². The summed E-state index contributed by atoms with van der Waals surface area (Å²) in [6.45, 7) is 5.44. The van der Waals surface area contributed by atoms with Gasteiger partial charge in [0.05, 0.1) is 6.54 Å². The summed E-state index contributed by atoms with van der Waals surface area (Å²) in [6, 6.07) is 0.748. The first-order valence-corrected chi connectivity index (χ1v) is 7.82. The quantitative estimate of drug-likeness (QED) is 0.764. The van der Waals surface area contributed by atoms with Gasteiger partial charge in [0.15, 0.2) is 0 Å². The molecule has 1 aliphatic carbocycles. The maximum Gasteiger partial charge on any atom is 0.149 e. The Morgan fingerprint density at radius 1 is 0.944 bits per heavy atom. The minimum Gasteiger partial charge on any atom is -0.298 e. The molecule has 0 aromatic rings. The van der Waals surface area contributed by atoms with Crippen LogP contribution in [0.2, 0.25) is 0 Å². The molecule has 1 atom stereocenters. The van der Waals surface area contributed by atoms with Crippen molar-refractivity contribution in [3.05, 3.63) is 0 Å². The fourth-order valence-corrected chi connectivity index (χ4v) is 3.97. The minimum atomic E-state index is 0.389. The first kappa shape index (κ1) is 12.6. The lowest BCUT2D eigenvalue weighted by atomic mass is 9.86. The number of Topliss-reactive ketones (excluding diaryl/α,β-unsaturated/α-hetero) is 1. The highest BCUT2D eigenvalue weighted by molar-refractivity contribution is 5.83. The second-order valence-corrected chi connectivity index (χ2v) is 6.37. The molecule has 3 fully saturated rings. The Labute approximate surface area is 111 Å². The van der Waals surface area contributed by atoms with Crippen LogP contribution in [0, 0.1) is 5.92 Å². The van der Waals surface area contributed by atoms with Gasteiger partial charge in [0.1, 0.15) is 5.78 Å². The minimum absolute atomic E-state index is 0.389. The fourth-order valence-electron chi connectivity index (χ4n) is 3.97. The van der Waals surface area contributed by atoms with Gasteiger partial charge < -0.3 is 0 Å². The lowest BCUT2D eigenvalue weighted by Gasteiger charge is -2.37. The Bertz CT molecular complexity index is 299. The zero-order valence-corrected chi connectivity index (χ0v) is 11.4. The zero-order chi connectivity index (χ0) is 12.4. The number of carbonyl (C=O) groups excluding carboxylic acids is 1. The van der Waals surface area contributed by atoms with E-state index in [2.05, 4.69) is 9.80 Å². The van der Waals surface area contributed by atoms with Crippen LogP contribution in [-0.4, -0.2) is 54.3 Å². The summed E-state index contributed by atoms with van der Waals surface area (Å²) in [5.41, 5.74) is 0. The van der Waals surface area contributed by atoms with E-state index in [1.165, 1.54) is 45.2 Å². The molecule has 2 heterocycles. The van der Waals surface area contributed by atoms with Crippen molar-refractivity contribution in [3.8, 4) is 0 Å². The van der Waals surface area contributed by atoms with Gasteiger partial charge in [0.25, 0.3) is 0 Å². The van der Waals surface area contributed by atoms with Crippen molar-refractivity contribution in [1.29, 1.82) is 0 Å². The molecule has 3 nitrogen and oxygen atoms in total. The van der Waals surface area contributed by atoms with Crippen molar-refractivity contribution in [2.75, 3.05) is 32.7 Å². The predicted octanol–water partition coefficient (Wildman–Crippen LogP) is 1.92. The largest absolute Gasteiger partial charge is 0.298 e. The maximum absolute atomic E-state index is 12.3. The lowest BCUT2D eigenvalue weighted by molar-refractivity contribution is -0.125. The summed E-state index contributed by atoms with van der Waals surface area (Å²) < 4.78 is 0. The molecule has 1 saturated carbocycles. The molecule has 2 aliphatic heterocycles. The maximum atomic E-state index is 12.3. The van der Waals surface area contributed by atoms with E-state index in [4.69, 9.17) is 0 Å². The third kappa shape index (κ3) is 2.77. The molecule has 0 aromatic heterocycles. The Morgan fingerprint density at radius 2 is 1.78 bits per heavy atom. The molecule has 102 valence electrons. The third-order valence-corrected chi connectivity index (χ3v) is 5.11. The van der Waals surface area contributed by atoms with Gasteiger partial charge in [-0.25, -0.2) is 0 Å². The molecule has 0 bridgehead atoms. The second kappa shape index (κ2) is 5.70. The van der Waals surface area contributed by atoms with Crippen LogP contribution in [0.25, 0.3) is 0 Å². The average molecular weight is 250 g/mol. The highest BCUT2D eigenvalue weighted by Crippen LogP contribution is 2.26. The summed E-state index contributed by atoms with van der Waals surface area (Å²) in [6.07, 6.45) is 8.89. The molecule has 0 N–H and O–H groups in total. The van der Waals surface area contributed by atoms with Gasteiger partial charge >= 0.3 is 0 Å². The van der Waals surface area contributed by atoms with Gasteiger partial charge in [-0.05, 0) is 32.2 Å². The predicted molar refractivity (Wildman–Crippen MR) is 72.6 cm³/mol. The highest BCUT2D eigenvalue weighted by atomic mass is 16.1. The number of rotatable bonds is 3. The van der Waals surface area contributed by atoms with E-state index in [0.29, 0.717) is 11.7 Å². The summed E-state index contributed by atoms with van der Waals surface area (Å²) in [7, 11) is 0. The van der Waals surface area contributed by atoms with Crippen LogP contribution in [0.5, 0.6) is 0 Å². The van der Waals surface area contributed by atoms with Gasteiger partial charge in [-0.3, -0.25) is 14.6 Å². The number of nitrogens with zero attached hydrogens (tertiary/aromatic N) is 2. The molecule has 3 aliphatic rings. The van der Waals surface area contributed by atoms with Gasteiger partial charge in [0, 0.05) is 31.6 Å². The average Bonchev–Trinajstić information content (AvgIpc) is 2.87. The summed E-state index contributed by atoms with van der Waals surface area (Å²) >= 11 is 0. The molecule has 2 saturated heterocycles. The molecule has 3 heteroatoms. The summed E-state index contributed by atoms with van der Waals surface area (Å²) in [5.74, 6) is 0.918. The van der Waals surface area contributed by atoms with Crippen molar-refractivity contribution in [2.45, 2.75) is 51.0 Å². The van der Waals surface area contributed by atoms with Crippen LogP contribution in [0.1, 0.15) is 44.9 Å². The highest BCUT2D eigenvalue weighted by Gasteiger charge is 2.32. The van der Waals surface area contributed by atoms with E-state index in [1.54, 1.807) is 0 Å². The number of hydrogen-bond acceptors (Lipinski definition) is 3. The Balaban J connectivity index is 1.48. The Hall–Kier alpha value is -0.410. The SMILES string of the molecule is O=C(CN1CCN2CCCC2C1)C1CCCCC1. The topological polar surface area (TPSA) is 23.6 Å². The monoisotopic (exact) mass is 250 g/mol.